The van der Waals surface area contributed by atoms with Gasteiger partial charge in [-0.2, -0.15) is 0 Å². The number of nitrogens with zero attached hydrogens (tertiary/aromatic N) is 2. The van der Waals surface area contributed by atoms with E-state index in [1.54, 1.807) is 36.2 Å². The zero-order valence-corrected chi connectivity index (χ0v) is 15.8. The van der Waals surface area contributed by atoms with Gasteiger partial charge < -0.3 is 14.6 Å². The molecule has 0 fully saturated rings. The first-order chi connectivity index (χ1) is 12.5. The predicted molar refractivity (Wildman–Crippen MR) is 101 cm³/mol. The average molecular weight is 394 g/mol. The Labute approximate surface area is 159 Å². The number of aromatic amines is 1. The molecule has 136 valence electrons. The summed E-state index contributed by atoms with van der Waals surface area (Å²) in [6.07, 6.45) is 0. The Morgan fingerprint density at radius 2 is 2.15 bits per heavy atom. The lowest BCUT2D eigenvalue weighted by atomic mass is 10.2. The summed E-state index contributed by atoms with van der Waals surface area (Å²) >= 11 is 7.27. The lowest BCUT2D eigenvalue weighted by molar-refractivity contribution is -0.127. The summed E-state index contributed by atoms with van der Waals surface area (Å²) in [5.74, 6) is -0.114. The molecule has 8 heteroatoms. The number of H-pyrrole nitrogens is 1. The quantitative estimate of drug-likeness (QED) is 0.640. The largest absolute Gasteiger partial charge is 0.494 e. The summed E-state index contributed by atoms with van der Waals surface area (Å²) in [5, 5.41) is 1.28. The van der Waals surface area contributed by atoms with Gasteiger partial charge in [0.25, 0.3) is 0 Å². The van der Waals surface area contributed by atoms with Crippen LogP contribution in [0.15, 0.2) is 41.6 Å². The lowest BCUT2D eigenvalue weighted by Crippen LogP contribution is -2.27. The van der Waals surface area contributed by atoms with Gasteiger partial charge in [0.1, 0.15) is 0 Å². The zero-order chi connectivity index (χ0) is 18.7. The number of imidazole rings is 1. The van der Waals surface area contributed by atoms with Crippen LogP contribution < -0.4 is 4.74 Å². The van der Waals surface area contributed by atoms with Crippen LogP contribution in [0.25, 0.3) is 11.0 Å². The van der Waals surface area contributed by atoms with Gasteiger partial charge in [-0.1, -0.05) is 29.4 Å². The molecule has 0 aliphatic heterocycles. The van der Waals surface area contributed by atoms with Crippen LogP contribution in [0.4, 0.5) is 4.39 Å². The number of benzene rings is 2. The SMILES string of the molecule is COc1ccc(CN(C)C(=O)CSc2nc3ccc(Cl)cc3[nH]2)cc1F. The zero-order valence-electron chi connectivity index (χ0n) is 14.3. The van der Waals surface area contributed by atoms with E-state index in [4.69, 9.17) is 16.3 Å². The Morgan fingerprint density at radius 1 is 1.35 bits per heavy atom. The molecule has 1 heterocycles. The molecule has 3 aromatic rings. The molecule has 0 bridgehead atoms. The summed E-state index contributed by atoms with van der Waals surface area (Å²) in [7, 11) is 3.10. The molecule has 1 amide bonds. The highest BCUT2D eigenvalue weighted by Gasteiger charge is 2.13. The number of rotatable bonds is 6. The van der Waals surface area contributed by atoms with E-state index in [-0.39, 0.29) is 17.4 Å². The van der Waals surface area contributed by atoms with Crippen molar-refractivity contribution in [1.29, 1.82) is 0 Å². The minimum atomic E-state index is -0.443. The van der Waals surface area contributed by atoms with E-state index in [0.717, 1.165) is 11.0 Å². The van der Waals surface area contributed by atoms with Crippen molar-refractivity contribution in [3.63, 3.8) is 0 Å². The first-order valence-electron chi connectivity index (χ1n) is 7.80. The number of ether oxygens (including phenoxy) is 1. The second kappa shape index (κ2) is 7.97. The molecule has 0 saturated carbocycles. The Hall–Kier alpha value is -2.25. The minimum Gasteiger partial charge on any atom is -0.494 e. The number of aromatic nitrogens is 2. The molecule has 5 nitrogen and oxygen atoms in total. The molecular formula is C18H17ClFN3O2S. The fourth-order valence-electron chi connectivity index (χ4n) is 2.44. The number of carbonyl (C=O) groups excluding carboxylic acids is 1. The third kappa shape index (κ3) is 4.28. The molecule has 0 unspecified atom stereocenters. The van der Waals surface area contributed by atoms with Gasteiger partial charge in [0, 0.05) is 18.6 Å². The van der Waals surface area contributed by atoms with Gasteiger partial charge in [0.15, 0.2) is 16.7 Å². The van der Waals surface area contributed by atoms with Crippen LogP contribution >= 0.6 is 23.4 Å². The number of amides is 1. The van der Waals surface area contributed by atoms with Gasteiger partial charge in [-0.15, -0.1) is 0 Å². The van der Waals surface area contributed by atoms with Crippen molar-refractivity contribution in [2.45, 2.75) is 11.7 Å². The van der Waals surface area contributed by atoms with Crippen molar-refractivity contribution in [3.05, 3.63) is 52.8 Å². The van der Waals surface area contributed by atoms with E-state index in [1.807, 2.05) is 6.07 Å². The van der Waals surface area contributed by atoms with Crippen LogP contribution in [0.1, 0.15) is 5.56 Å². The third-order valence-electron chi connectivity index (χ3n) is 3.82. The van der Waals surface area contributed by atoms with Gasteiger partial charge in [0.05, 0.1) is 23.9 Å². The van der Waals surface area contributed by atoms with E-state index < -0.39 is 5.82 Å². The van der Waals surface area contributed by atoms with Crippen LogP contribution in [-0.2, 0) is 11.3 Å². The molecule has 0 atom stereocenters. The van der Waals surface area contributed by atoms with Crippen LogP contribution in [0.3, 0.4) is 0 Å². The molecular weight excluding hydrogens is 377 g/mol. The number of hydrogen-bond acceptors (Lipinski definition) is 4. The Morgan fingerprint density at radius 3 is 2.88 bits per heavy atom. The fourth-order valence-corrected chi connectivity index (χ4v) is 3.44. The molecule has 2 aromatic carbocycles. The topological polar surface area (TPSA) is 58.2 Å². The maximum atomic E-state index is 13.7. The third-order valence-corrected chi connectivity index (χ3v) is 4.91. The number of methoxy groups -OCH3 is 1. The second-order valence-electron chi connectivity index (χ2n) is 5.71. The smallest absolute Gasteiger partial charge is 0.233 e. The maximum absolute atomic E-state index is 13.7. The number of thioether (sulfide) groups is 1. The monoisotopic (exact) mass is 393 g/mol. The molecule has 0 aliphatic rings. The van der Waals surface area contributed by atoms with E-state index in [2.05, 4.69) is 9.97 Å². The van der Waals surface area contributed by atoms with Crippen molar-refractivity contribution in [2.24, 2.45) is 0 Å². The maximum Gasteiger partial charge on any atom is 0.233 e. The fraction of sp³-hybridized carbons (Fsp3) is 0.222. The highest BCUT2D eigenvalue weighted by Crippen LogP contribution is 2.23. The van der Waals surface area contributed by atoms with Crippen molar-refractivity contribution in [2.75, 3.05) is 19.9 Å². The molecule has 0 aliphatic carbocycles. The summed E-state index contributed by atoms with van der Waals surface area (Å²) < 4.78 is 18.6. The summed E-state index contributed by atoms with van der Waals surface area (Å²) in [4.78, 5) is 21.4. The lowest BCUT2D eigenvalue weighted by Gasteiger charge is -2.17. The Kier molecular flexibility index (Phi) is 5.68. The van der Waals surface area contributed by atoms with E-state index in [1.165, 1.54) is 24.9 Å². The summed E-state index contributed by atoms with van der Waals surface area (Å²) in [5.41, 5.74) is 2.32. The summed E-state index contributed by atoms with van der Waals surface area (Å²) in [6, 6.07) is 10.1. The highest BCUT2D eigenvalue weighted by molar-refractivity contribution is 7.99. The average Bonchev–Trinajstić information content (AvgIpc) is 3.01. The Bertz CT molecular complexity index is 947. The summed E-state index contributed by atoms with van der Waals surface area (Å²) in [6.45, 7) is 0.316. The van der Waals surface area contributed by atoms with Gasteiger partial charge in [-0.25, -0.2) is 9.37 Å². The Balaban J connectivity index is 1.59. The van der Waals surface area contributed by atoms with Crippen LogP contribution in [0, 0.1) is 5.82 Å². The van der Waals surface area contributed by atoms with Crippen molar-refractivity contribution < 1.29 is 13.9 Å². The van der Waals surface area contributed by atoms with Crippen molar-refractivity contribution in [1.82, 2.24) is 14.9 Å². The first kappa shape index (κ1) is 18.5. The molecule has 26 heavy (non-hydrogen) atoms. The molecule has 0 saturated heterocycles. The van der Waals surface area contributed by atoms with Gasteiger partial charge in [0.2, 0.25) is 5.91 Å². The number of halogens is 2. The molecule has 3 rings (SSSR count). The first-order valence-corrected chi connectivity index (χ1v) is 9.17. The molecule has 0 spiro atoms. The van der Waals surface area contributed by atoms with Crippen LogP contribution in [0.2, 0.25) is 5.02 Å². The van der Waals surface area contributed by atoms with E-state index in [9.17, 15) is 9.18 Å². The van der Waals surface area contributed by atoms with Gasteiger partial charge in [-0.05, 0) is 35.9 Å². The van der Waals surface area contributed by atoms with E-state index in [0.29, 0.717) is 22.3 Å². The molecule has 1 aromatic heterocycles. The normalized spacial score (nSPS) is 10.9. The minimum absolute atomic E-state index is 0.0790. The number of carbonyl (C=O) groups is 1. The standard InChI is InChI=1S/C18H17ClFN3O2S/c1-23(9-11-3-6-16(25-2)13(20)7-11)17(24)10-26-18-21-14-5-4-12(19)8-15(14)22-18/h3-8H,9-10H2,1-2H3,(H,21,22). The van der Waals surface area contributed by atoms with Gasteiger partial charge >= 0.3 is 0 Å². The second-order valence-corrected chi connectivity index (χ2v) is 7.11. The van der Waals surface area contributed by atoms with Crippen LogP contribution in [-0.4, -0.2) is 40.7 Å². The van der Waals surface area contributed by atoms with Crippen LogP contribution in [0.5, 0.6) is 5.75 Å². The predicted octanol–water partition coefficient (Wildman–Crippen LogP) is 4.11. The van der Waals surface area contributed by atoms with Gasteiger partial charge in [-0.3, -0.25) is 4.79 Å². The molecule has 1 N–H and O–H groups in total. The number of hydrogen-bond donors (Lipinski definition) is 1. The molecule has 0 radical (unpaired) electrons. The van der Waals surface area contributed by atoms with Crippen molar-refractivity contribution in [3.8, 4) is 5.75 Å². The van der Waals surface area contributed by atoms with Crippen molar-refractivity contribution >= 4 is 40.3 Å². The highest BCUT2D eigenvalue weighted by atomic mass is 35.5. The van der Waals surface area contributed by atoms with E-state index >= 15 is 0 Å². The number of nitrogens with one attached hydrogen (secondary N) is 1. The number of fused-ring (bicyclic) bond motifs is 1.